The van der Waals surface area contributed by atoms with E-state index in [9.17, 15) is 9.59 Å². The van der Waals surface area contributed by atoms with Crippen LogP contribution in [0.15, 0.2) is 0 Å². The summed E-state index contributed by atoms with van der Waals surface area (Å²) in [4.78, 5) is 25.5. The second-order valence-electron chi connectivity index (χ2n) is 4.92. The fraction of sp³-hybridized carbons (Fsp3) is 0.867. The van der Waals surface area contributed by atoms with Gasteiger partial charge in [-0.25, -0.2) is 0 Å². The first-order valence-corrected chi connectivity index (χ1v) is 7.45. The van der Waals surface area contributed by atoms with Crippen molar-refractivity contribution in [2.75, 3.05) is 33.9 Å². The quantitative estimate of drug-likeness (QED) is 0.547. The van der Waals surface area contributed by atoms with Crippen LogP contribution in [0, 0.1) is 5.92 Å². The van der Waals surface area contributed by atoms with Crippen molar-refractivity contribution >= 4 is 11.9 Å². The van der Waals surface area contributed by atoms with Crippen molar-refractivity contribution in [2.45, 2.75) is 46.0 Å². The van der Waals surface area contributed by atoms with E-state index in [0.717, 1.165) is 25.7 Å². The van der Waals surface area contributed by atoms with Gasteiger partial charge in [-0.05, 0) is 12.8 Å². The van der Waals surface area contributed by atoms with Gasteiger partial charge in [0.05, 0.1) is 20.1 Å². The summed E-state index contributed by atoms with van der Waals surface area (Å²) in [6, 6.07) is 0. The summed E-state index contributed by atoms with van der Waals surface area (Å²) < 4.78 is 9.68. The first-order chi connectivity index (χ1) is 9.60. The Morgan fingerprint density at radius 3 is 2.10 bits per heavy atom. The summed E-state index contributed by atoms with van der Waals surface area (Å²) in [5, 5.41) is 0. The van der Waals surface area contributed by atoms with Crippen LogP contribution in [0.25, 0.3) is 0 Å². The number of rotatable bonds is 11. The summed E-state index contributed by atoms with van der Waals surface area (Å²) in [5.41, 5.74) is 0. The number of hydrogen-bond acceptors (Lipinski definition) is 4. The molecule has 0 aromatic rings. The summed E-state index contributed by atoms with van der Waals surface area (Å²) >= 11 is 0. The highest BCUT2D eigenvalue weighted by Crippen LogP contribution is 2.17. The molecule has 0 fully saturated rings. The summed E-state index contributed by atoms with van der Waals surface area (Å²) in [5.74, 6) is -0.100. The molecule has 0 aromatic heterocycles. The third-order valence-corrected chi connectivity index (χ3v) is 3.31. The van der Waals surface area contributed by atoms with Gasteiger partial charge >= 0.3 is 5.97 Å². The van der Waals surface area contributed by atoms with Crippen molar-refractivity contribution in [3.63, 3.8) is 0 Å². The van der Waals surface area contributed by atoms with Crippen LogP contribution in [0.4, 0.5) is 0 Å². The maximum Gasteiger partial charge on any atom is 0.307 e. The van der Waals surface area contributed by atoms with Crippen LogP contribution in [0.1, 0.15) is 46.0 Å². The highest BCUT2D eigenvalue weighted by molar-refractivity contribution is 5.79. The molecule has 5 heteroatoms. The van der Waals surface area contributed by atoms with Crippen molar-refractivity contribution < 1.29 is 19.1 Å². The molecule has 0 heterocycles. The topological polar surface area (TPSA) is 55.8 Å². The van der Waals surface area contributed by atoms with Gasteiger partial charge < -0.3 is 14.4 Å². The minimum Gasteiger partial charge on any atom is -0.469 e. The van der Waals surface area contributed by atoms with E-state index in [0.29, 0.717) is 19.7 Å². The summed E-state index contributed by atoms with van der Waals surface area (Å²) in [6.45, 7) is 5.58. The zero-order chi connectivity index (χ0) is 15.4. The van der Waals surface area contributed by atoms with Crippen LogP contribution in [0.3, 0.4) is 0 Å². The molecule has 20 heavy (non-hydrogen) atoms. The molecule has 0 aliphatic heterocycles. The molecule has 0 aliphatic carbocycles. The number of methoxy groups -OCH3 is 2. The second-order valence-corrected chi connectivity index (χ2v) is 4.92. The Hall–Kier alpha value is -1.10. The van der Waals surface area contributed by atoms with E-state index in [-0.39, 0.29) is 24.2 Å². The van der Waals surface area contributed by atoms with Crippen molar-refractivity contribution in [1.29, 1.82) is 0 Å². The standard InChI is InChI=1S/C15H29NO4/c1-5-7-13(8-6-2)15(18)16(11-12-19-3)10-9-14(17)20-4/h13H,5-12H2,1-4H3. The number of carbonyl (C=O) groups excluding carboxylic acids is 2. The molecule has 0 bridgehead atoms. The first kappa shape index (κ1) is 18.9. The van der Waals surface area contributed by atoms with Crippen molar-refractivity contribution in [2.24, 2.45) is 5.92 Å². The number of ether oxygens (including phenoxy) is 2. The Bertz CT molecular complexity index is 275. The predicted octanol–water partition coefficient (Wildman–Crippen LogP) is 2.24. The number of amides is 1. The van der Waals surface area contributed by atoms with E-state index in [1.165, 1.54) is 7.11 Å². The Kier molecular flexibility index (Phi) is 11.1. The van der Waals surface area contributed by atoms with E-state index in [4.69, 9.17) is 4.74 Å². The van der Waals surface area contributed by atoms with Crippen LogP contribution in [0.2, 0.25) is 0 Å². The average Bonchev–Trinajstić information content (AvgIpc) is 2.46. The summed E-state index contributed by atoms with van der Waals surface area (Å²) in [6.07, 6.45) is 4.01. The zero-order valence-corrected chi connectivity index (χ0v) is 13.3. The molecule has 0 aliphatic rings. The molecule has 0 N–H and O–H groups in total. The lowest BCUT2D eigenvalue weighted by atomic mass is 9.96. The van der Waals surface area contributed by atoms with Crippen LogP contribution < -0.4 is 0 Å². The van der Waals surface area contributed by atoms with Gasteiger partial charge in [-0.1, -0.05) is 26.7 Å². The van der Waals surface area contributed by atoms with E-state index in [1.807, 2.05) is 0 Å². The molecule has 0 aromatic carbocycles. The molecule has 0 rings (SSSR count). The lowest BCUT2D eigenvalue weighted by molar-refractivity contribution is -0.142. The van der Waals surface area contributed by atoms with Gasteiger partial charge in [-0.15, -0.1) is 0 Å². The monoisotopic (exact) mass is 287 g/mol. The average molecular weight is 287 g/mol. The van der Waals surface area contributed by atoms with Crippen molar-refractivity contribution in [3.05, 3.63) is 0 Å². The Balaban J connectivity index is 4.61. The van der Waals surface area contributed by atoms with Gasteiger partial charge in [0, 0.05) is 26.1 Å². The van der Waals surface area contributed by atoms with Gasteiger partial charge in [0.25, 0.3) is 0 Å². The smallest absolute Gasteiger partial charge is 0.307 e. The second kappa shape index (κ2) is 11.7. The molecule has 0 unspecified atom stereocenters. The molecular weight excluding hydrogens is 258 g/mol. The van der Waals surface area contributed by atoms with E-state index in [2.05, 4.69) is 18.6 Å². The fourth-order valence-electron chi connectivity index (χ4n) is 2.21. The molecular formula is C15H29NO4. The van der Waals surface area contributed by atoms with Gasteiger partial charge in [0.2, 0.25) is 5.91 Å². The number of hydrogen-bond donors (Lipinski definition) is 0. The molecule has 118 valence electrons. The third-order valence-electron chi connectivity index (χ3n) is 3.31. The first-order valence-electron chi connectivity index (χ1n) is 7.45. The van der Waals surface area contributed by atoms with Crippen LogP contribution in [-0.2, 0) is 19.1 Å². The fourth-order valence-corrected chi connectivity index (χ4v) is 2.21. The predicted molar refractivity (Wildman–Crippen MR) is 78.4 cm³/mol. The highest BCUT2D eigenvalue weighted by Gasteiger charge is 2.23. The third kappa shape index (κ3) is 7.48. The van der Waals surface area contributed by atoms with Crippen LogP contribution in [0.5, 0.6) is 0 Å². The maximum absolute atomic E-state index is 12.5. The minimum absolute atomic E-state index is 0.0551. The SMILES string of the molecule is CCCC(CCC)C(=O)N(CCOC)CCC(=O)OC. The van der Waals surface area contributed by atoms with Crippen LogP contribution >= 0.6 is 0 Å². The van der Waals surface area contributed by atoms with Gasteiger partial charge in [0.1, 0.15) is 0 Å². The molecule has 0 atom stereocenters. The van der Waals surface area contributed by atoms with Crippen LogP contribution in [-0.4, -0.2) is 50.7 Å². The lowest BCUT2D eigenvalue weighted by Gasteiger charge is -2.26. The molecule has 0 radical (unpaired) electrons. The van der Waals surface area contributed by atoms with Gasteiger partial charge in [0.15, 0.2) is 0 Å². The maximum atomic E-state index is 12.5. The number of carbonyl (C=O) groups is 2. The Labute approximate surface area is 122 Å². The molecule has 0 spiro atoms. The lowest BCUT2D eigenvalue weighted by Crippen LogP contribution is -2.39. The molecule has 5 nitrogen and oxygen atoms in total. The molecule has 0 saturated carbocycles. The van der Waals surface area contributed by atoms with E-state index >= 15 is 0 Å². The zero-order valence-electron chi connectivity index (χ0n) is 13.3. The molecule has 0 saturated heterocycles. The largest absolute Gasteiger partial charge is 0.469 e. The van der Waals surface area contributed by atoms with Crippen molar-refractivity contribution in [1.82, 2.24) is 4.90 Å². The van der Waals surface area contributed by atoms with E-state index < -0.39 is 0 Å². The van der Waals surface area contributed by atoms with E-state index in [1.54, 1.807) is 12.0 Å². The number of nitrogens with zero attached hydrogens (tertiary/aromatic N) is 1. The molecule has 1 amide bonds. The minimum atomic E-state index is -0.289. The van der Waals surface area contributed by atoms with Gasteiger partial charge in [-0.2, -0.15) is 0 Å². The summed E-state index contributed by atoms with van der Waals surface area (Å²) in [7, 11) is 2.97. The normalized spacial score (nSPS) is 10.7. The Morgan fingerprint density at radius 1 is 1.05 bits per heavy atom. The Morgan fingerprint density at radius 2 is 1.65 bits per heavy atom. The van der Waals surface area contributed by atoms with Gasteiger partial charge in [-0.3, -0.25) is 9.59 Å². The highest BCUT2D eigenvalue weighted by atomic mass is 16.5. The van der Waals surface area contributed by atoms with Crippen molar-refractivity contribution in [3.8, 4) is 0 Å². The number of esters is 1.